The number of nitrogens with zero attached hydrogens (tertiary/aromatic N) is 1. The fourth-order valence-electron chi connectivity index (χ4n) is 2.42. The summed E-state index contributed by atoms with van der Waals surface area (Å²) < 4.78 is 0. The van der Waals surface area contributed by atoms with Crippen LogP contribution >= 0.6 is 0 Å². The summed E-state index contributed by atoms with van der Waals surface area (Å²) in [6.45, 7) is 6.30. The third-order valence-electron chi connectivity index (χ3n) is 3.22. The normalized spacial score (nSPS) is 12.4. The van der Waals surface area contributed by atoms with Gasteiger partial charge >= 0.3 is 0 Å². The smallest absolute Gasteiger partial charge is 0.0672 e. The number of rotatable bonds is 4. The van der Waals surface area contributed by atoms with E-state index < -0.39 is 0 Å². The number of hydrogen-bond acceptors (Lipinski definition) is 3. The zero-order chi connectivity index (χ0) is 13.8. The van der Waals surface area contributed by atoms with E-state index in [1.807, 2.05) is 12.3 Å². The van der Waals surface area contributed by atoms with Crippen LogP contribution in [0.2, 0.25) is 0 Å². The number of hydrazine groups is 1. The lowest BCUT2D eigenvalue weighted by Gasteiger charge is -2.16. The fourth-order valence-corrected chi connectivity index (χ4v) is 2.42. The van der Waals surface area contributed by atoms with E-state index in [2.05, 4.69) is 55.4 Å². The second-order valence-corrected chi connectivity index (χ2v) is 5.18. The maximum atomic E-state index is 5.69. The zero-order valence-corrected chi connectivity index (χ0v) is 11.8. The van der Waals surface area contributed by atoms with Crippen LogP contribution < -0.4 is 11.3 Å². The molecule has 1 aromatic carbocycles. The Bertz CT molecular complexity index is 543. The Hall–Kier alpha value is -1.71. The van der Waals surface area contributed by atoms with Gasteiger partial charge in [-0.15, -0.1) is 0 Å². The number of aryl methyl sites for hydroxylation is 3. The highest BCUT2D eigenvalue weighted by atomic mass is 15.2. The van der Waals surface area contributed by atoms with E-state index in [1.54, 1.807) is 0 Å². The molecule has 0 amide bonds. The maximum Gasteiger partial charge on any atom is 0.0672 e. The van der Waals surface area contributed by atoms with Gasteiger partial charge in [0, 0.05) is 6.20 Å². The summed E-state index contributed by atoms with van der Waals surface area (Å²) >= 11 is 0. The van der Waals surface area contributed by atoms with Gasteiger partial charge in [-0.05, 0) is 50.5 Å². The average molecular weight is 255 g/mol. The van der Waals surface area contributed by atoms with Gasteiger partial charge in [0.1, 0.15) is 0 Å². The first kappa shape index (κ1) is 13.7. The van der Waals surface area contributed by atoms with E-state index in [-0.39, 0.29) is 6.04 Å². The summed E-state index contributed by atoms with van der Waals surface area (Å²) in [6.07, 6.45) is 2.67. The molecule has 0 saturated heterocycles. The van der Waals surface area contributed by atoms with Crippen LogP contribution in [0.5, 0.6) is 0 Å². The molecule has 0 fully saturated rings. The van der Waals surface area contributed by atoms with Gasteiger partial charge < -0.3 is 0 Å². The van der Waals surface area contributed by atoms with Crippen molar-refractivity contribution in [2.75, 3.05) is 0 Å². The second-order valence-electron chi connectivity index (χ2n) is 5.18. The summed E-state index contributed by atoms with van der Waals surface area (Å²) in [5, 5.41) is 0. The molecule has 0 aliphatic heterocycles. The predicted octanol–water partition coefficient (Wildman–Crippen LogP) is 2.75. The summed E-state index contributed by atoms with van der Waals surface area (Å²) in [5.41, 5.74) is 8.90. The predicted molar refractivity (Wildman–Crippen MR) is 78.7 cm³/mol. The summed E-state index contributed by atoms with van der Waals surface area (Å²) in [5.74, 6) is 5.69. The molecule has 0 bridgehead atoms. The Morgan fingerprint density at radius 1 is 1.05 bits per heavy atom. The Kier molecular flexibility index (Phi) is 4.30. The van der Waals surface area contributed by atoms with Crippen molar-refractivity contribution in [1.29, 1.82) is 0 Å². The van der Waals surface area contributed by atoms with Crippen molar-refractivity contribution < 1.29 is 0 Å². The zero-order valence-electron chi connectivity index (χ0n) is 11.8. The van der Waals surface area contributed by atoms with Crippen molar-refractivity contribution in [2.45, 2.75) is 33.2 Å². The largest absolute Gasteiger partial charge is 0.271 e. The van der Waals surface area contributed by atoms with E-state index in [1.165, 1.54) is 22.3 Å². The van der Waals surface area contributed by atoms with Crippen LogP contribution in [0.3, 0.4) is 0 Å². The van der Waals surface area contributed by atoms with Crippen LogP contribution in [0.4, 0.5) is 0 Å². The lowest BCUT2D eigenvalue weighted by atomic mass is 9.99. The number of nitrogens with one attached hydrogen (secondary N) is 1. The summed E-state index contributed by atoms with van der Waals surface area (Å²) in [7, 11) is 0. The van der Waals surface area contributed by atoms with Gasteiger partial charge in [0.2, 0.25) is 0 Å². The number of aromatic nitrogens is 1. The standard InChI is InChI=1S/C16H21N3/c1-11-4-5-18-15(9-11)16(19-17)10-14-7-12(2)6-13(3)8-14/h4-9,16,19H,10,17H2,1-3H3. The first-order valence-corrected chi connectivity index (χ1v) is 6.54. The van der Waals surface area contributed by atoms with Gasteiger partial charge in [-0.3, -0.25) is 16.3 Å². The van der Waals surface area contributed by atoms with Crippen molar-refractivity contribution >= 4 is 0 Å². The highest BCUT2D eigenvalue weighted by Gasteiger charge is 2.12. The molecule has 1 heterocycles. The minimum Gasteiger partial charge on any atom is -0.271 e. The van der Waals surface area contributed by atoms with Gasteiger partial charge in [-0.1, -0.05) is 29.3 Å². The van der Waals surface area contributed by atoms with Gasteiger partial charge in [-0.25, -0.2) is 0 Å². The van der Waals surface area contributed by atoms with Crippen LogP contribution in [0.25, 0.3) is 0 Å². The molecule has 1 aromatic heterocycles. The van der Waals surface area contributed by atoms with E-state index >= 15 is 0 Å². The fraction of sp³-hybridized carbons (Fsp3) is 0.312. The summed E-state index contributed by atoms with van der Waals surface area (Å²) in [6, 6.07) is 10.7. The summed E-state index contributed by atoms with van der Waals surface area (Å²) in [4.78, 5) is 4.41. The topological polar surface area (TPSA) is 50.9 Å². The SMILES string of the molecule is Cc1cc(C)cc(CC(NN)c2cc(C)ccn2)c1. The van der Waals surface area contributed by atoms with E-state index in [4.69, 9.17) is 5.84 Å². The van der Waals surface area contributed by atoms with E-state index in [9.17, 15) is 0 Å². The minimum absolute atomic E-state index is 0.0427. The van der Waals surface area contributed by atoms with Gasteiger partial charge in [0.15, 0.2) is 0 Å². The van der Waals surface area contributed by atoms with Crippen LogP contribution in [-0.2, 0) is 6.42 Å². The van der Waals surface area contributed by atoms with Crippen molar-refractivity contribution in [1.82, 2.24) is 10.4 Å². The Morgan fingerprint density at radius 2 is 1.74 bits per heavy atom. The van der Waals surface area contributed by atoms with Gasteiger partial charge in [0.25, 0.3) is 0 Å². The first-order chi connectivity index (χ1) is 9.08. The van der Waals surface area contributed by atoms with Crippen LogP contribution in [0.1, 0.15) is 34.0 Å². The lowest BCUT2D eigenvalue weighted by Crippen LogP contribution is -2.30. The molecule has 3 N–H and O–H groups in total. The molecule has 0 radical (unpaired) electrons. The maximum absolute atomic E-state index is 5.69. The first-order valence-electron chi connectivity index (χ1n) is 6.54. The Morgan fingerprint density at radius 3 is 2.32 bits per heavy atom. The lowest BCUT2D eigenvalue weighted by molar-refractivity contribution is 0.538. The number of benzene rings is 1. The number of pyridine rings is 1. The van der Waals surface area contributed by atoms with Crippen molar-refractivity contribution in [3.8, 4) is 0 Å². The third kappa shape index (κ3) is 3.63. The molecule has 2 rings (SSSR count). The van der Waals surface area contributed by atoms with Gasteiger partial charge in [-0.2, -0.15) is 0 Å². The van der Waals surface area contributed by atoms with Gasteiger partial charge in [0.05, 0.1) is 11.7 Å². The third-order valence-corrected chi connectivity index (χ3v) is 3.22. The molecule has 100 valence electrons. The molecule has 19 heavy (non-hydrogen) atoms. The highest BCUT2D eigenvalue weighted by molar-refractivity contribution is 5.30. The second kappa shape index (κ2) is 5.95. The molecule has 1 atom stereocenters. The molecule has 0 aliphatic rings. The van der Waals surface area contributed by atoms with E-state index in [0.29, 0.717) is 0 Å². The molecular weight excluding hydrogens is 234 g/mol. The minimum atomic E-state index is 0.0427. The average Bonchev–Trinajstić information content (AvgIpc) is 2.34. The molecule has 0 saturated carbocycles. The molecule has 2 aromatic rings. The number of hydrogen-bond donors (Lipinski definition) is 2. The molecule has 1 unspecified atom stereocenters. The molecule has 3 heteroatoms. The van der Waals surface area contributed by atoms with E-state index in [0.717, 1.165) is 12.1 Å². The molecule has 0 aliphatic carbocycles. The molecule has 3 nitrogen and oxygen atoms in total. The Labute approximate surface area is 114 Å². The van der Waals surface area contributed by atoms with Crippen LogP contribution in [0.15, 0.2) is 36.5 Å². The number of nitrogens with two attached hydrogens (primary N) is 1. The van der Waals surface area contributed by atoms with Crippen molar-refractivity contribution in [2.24, 2.45) is 5.84 Å². The van der Waals surface area contributed by atoms with Crippen molar-refractivity contribution in [3.63, 3.8) is 0 Å². The quantitative estimate of drug-likeness (QED) is 0.652. The monoisotopic (exact) mass is 255 g/mol. The van der Waals surface area contributed by atoms with Crippen molar-refractivity contribution in [3.05, 3.63) is 64.5 Å². The molecule has 0 spiro atoms. The highest BCUT2D eigenvalue weighted by Crippen LogP contribution is 2.18. The molecular formula is C16H21N3. The van der Waals surface area contributed by atoms with Crippen LogP contribution in [-0.4, -0.2) is 4.98 Å². The Balaban J connectivity index is 2.23. The van der Waals surface area contributed by atoms with Crippen LogP contribution in [0, 0.1) is 20.8 Å².